The third kappa shape index (κ3) is 41.8. The molecular formula is C40H74Cl4N18O4. The van der Waals surface area contributed by atoms with Crippen LogP contribution >= 0.6 is 48.8 Å². The fraction of sp³-hybridized carbons (Fsp3) is 0.625. The first kappa shape index (κ1) is 70.1. The number of nitrogens with two attached hydrogens (primary N) is 1. The van der Waals surface area contributed by atoms with Gasteiger partial charge in [-0.05, 0) is 64.0 Å². The number of rotatable bonds is 27. The van der Waals surface area contributed by atoms with E-state index in [2.05, 4.69) is 164 Å². The van der Waals surface area contributed by atoms with Crippen LogP contribution in [-0.2, 0) is 19.2 Å². The molecule has 0 saturated heterocycles. The second kappa shape index (κ2) is 52.7. The molecule has 66 heavy (non-hydrogen) atoms. The third-order valence-electron chi connectivity index (χ3n) is 6.29. The van der Waals surface area contributed by atoms with Gasteiger partial charge in [0.2, 0.25) is 41.0 Å². The monoisotopic (exact) mass is 1010 g/mol. The van der Waals surface area contributed by atoms with Gasteiger partial charge in [0.1, 0.15) is 19.8 Å². The Kier molecular flexibility index (Phi) is 56.0. The fourth-order valence-electron chi connectivity index (χ4n) is 3.63. The summed E-state index contributed by atoms with van der Waals surface area (Å²) in [5, 5.41) is 18.8. The molecule has 3 aromatic rings. The first-order chi connectivity index (χ1) is 30.7. The number of nitrogens with zero attached hydrogens (tertiary/aromatic N) is 9. The maximum atomic E-state index is 5.77. The predicted molar refractivity (Wildman–Crippen MR) is 277 cm³/mol. The van der Waals surface area contributed by atoms with Gasteiger partial charge in [-0.25, -0.2) is 16.9 Å². The van der Waals surface area contributed by atoms with E-state index in [4.69, 9.17) is 38.9 Å². The van der Waals surface area contributed by atoms with E-state index in [9.17, 15) is 0 Å². The highest BCUT2D eigenvalue weighted by molar-refractivity contribution is 6.28. The van der Waals surface area contributed by atoms with E-state index in [-0.39, 0.29) is 62.3 Å². The minimum Gasteiger partial charge on any atom is -0.382 e. The summed E-state index contributed by atoms with van der Waals surface area (Å²) in [4.78, 5) is 51.3. The molecule has 0 spiro atoms. The van der Waals surface area contributed by atoms with Gasteiger partial charge in [-0.15, -0.1) is 56.5 Å². The van der Waals surface area contributed by atoms with Crippen LogP contribution < -0.4 is 48.8 Å². The van der Waals surface area contributed by atoms with Gasteiger partial charge in [0.15, 0.2) is 0 Å². The van der Waals surface area contributed by atoms with Crippen LogP contribution in [0.5, 0.6) is 0 Å². The van der Waals surface area contributed by atoms with Crippen LogP contribution in [0.2, 0.25) is 5.28 Å². The number of nitrogens with one attached hydrogen (secondary N) is 8. The van der Waals surface area contributed by atoms with Crippen LogP contribution in [0.4, 0.5) is 47.6 Å². The Morgan fingerprint density at radius 3 is 0.848 bits per heavy atom. The first-order valence-electron chi connectivity index (χ1n) is 21.0. The normalized spacial score (nSPS) is 9.02. The van der Waals surface area contributed by atoms with Crippen molar-refractivity contribution in [2.24, 2.45) is 5.90 Å². The second-order valence-corrected chi connectivity index (χ2v) is 12.2. The molecule has 0 fully saturated rings. The van der Waals surface area contributed by atoms with Crippen molar-refractivity contribution in [2.45, 2.75) is 93.9 Å². The molecule has 0 amide bonds. The van der Waals surface area contributed by atoms with Gasteiger partial charge in [0, 0.05) is 52.5 Å². The molecule has 0 atom stereocenters. The Bertz CT molecular complexity index is 1530. The standard InChI is InChI=1S/2C12H20N6O.C9H16ClN5.C4H10O.C3H5NO.3ClH/c2*1-4-7-13-10-15-11(14-8-5-2)17-12(16-10)18-19-9-6-3;1-3-5-11-8-13-7(10)14-9(15-8)12-6-4-2;1-3-5-4-2;1-2-3-5-4;;;/h2*3H,4-5,7-9H2,1-2H3,(H3,13,14,15,16,17,18);3-6H2,1-2H3,(H2,11,12,13,14,15);3-4H2,1-2H3;1H,3-4H2;3*1H. The molecule has 0 radical (unpaired) electrons. The van der Waals surface area contributed by atoms with E-state index in [1.807, 2.05) is 13.8 Å². The summed E-state index contributed by atoms with van der Waals surface area (Å²) in [5.74, 6) is 15.1. The van der Waals surface area contributed by atoms with Crippen molar-refractivity contribution in [3.63, 3.8) is 0 Å². The summed E-state index contributed by atoms with van der Waals surface area (Å²) >= 11 is 5.77. The zero-order valence-electron chi connectivity index (χ0n) is 39.6. The summed E-state index contributed by atoms with van der Waals surface area (Å²) in [6.07, 6.45) is 20.8. The lowest BCUT2D eigenvalue weighted by Crippen LogP contribution is -2.13. The summed E-state index contributed by atoms with van der Waals surface area (Å²) in [6, 6.07) is 0. The fourth-order valence-corrected chi connectivity index (χ4v) is 3.79. The number of aromatic nitrogens is 9. The van der Waals surface area contributed by atoms with Crippen LogP contribution in [0, 0.1) is 37.0 Å². The minimum atomic E-state index is 0. The molecule has 0 aliphatic carbocycles. The van der Waals surface area contributed by atoms with Crippen molar-refractivity contribution in [1.82, 2.24) is 44.9 Å². The number of terminal acetylenes is 3. The summed E-state index contributed by atoms with van der Waals surface area (Å²) in [7, 11) is 0. The number of hydrogen-bond acceptors (Lipinski definition) is 22. The van der Waals surface area contributed by atoms with Crippen molar-refractivity contribution in [2.75, 3.05) is 115 Å². The second-order valence-electron chi connectivity index (χ2n) is 11.9. The number of anilines is 8. The quantitative estimate of drug-likeness (QED) is 0.0212. The first-order valence-corrected chi connectivity index (χ1v) is 21.4. The molecule has 0 aliphatic heterocycles. The van der Waals surface area contributed by atoms with Crippen LogP contribution in [0.25, 0.3) is 0 Å². The average Bonchev–Trinajstić information content (AvgIpc) is 3.29. The SMILES string of the molecule is C#CCON.C#CCONc1nc(NCCC)nc(NCCC)n1.C#CCONc1nc(NCCC)nc(NCCC)n1.CCCNc1nc(Cl)nc(NCCC)n1.CCOCC.Cl.Cl.Cl. The maximum absolute atomic E-state index is 5.77. The lowest BCUT2D eigenvalue weighted by Gasteiger charge is -2.09. The van der Waals surface area contributed by atoms with E-state index in [0.717, 1.165) is 91.0 Å². The van der Waals surface area contributed by atoms with Gasteiger partial charge < -0.3 is 36.6 Å². The van der Waals surface area contributed by atoms with Gasteiger partial charge in [-0.3, -0.25) is 14.5 Å². The molecular weight excluding hydrogens is 938 g/mol. The predicted octanol–water partition coefficient (Wildman–Crippen LogP) is 6.97. The van der Waals surface area contributed by atoms with E-state index in [0.29, 0.717) is 47.6 Å². The lowest BCUT2D eigenvalue weighted by molar-refractivity contribution is 0.162. The Balaban J connectivity index is -0.000000251. The molecule has 22 nitrogen and oxygen atoms in total. The maximum Gasteiger partial charge on any atom is 0.253 e. The van der Waals surface area contributed by atoms with Crippen LogP contribution in [0.3, 0.4) is 0 Å². The highest BCUT2D eigenvalue weighted by Crippen LogP contribution is 2.12. The van der Waals surface area contributed by atoms with Gasteiger partial charge in [-0.2, -0.15) is 44.9 Å². The third-order valence-corrected chi connectivity index (χ3v) is 6.46. The smallest absolute Gasteiger partial charge is 0.253 e. The average molecular weight is 1010 g/mol. The lowest BCUT2D eigenvalue weighted by atomic mass is 10.5. The van der Waals surface area contributed by atoms with Crippen molar-refractivity contribution in [3.8, 4) is 37.0 Å². The Labute approximate surface area is 416 Å². The highest BCUT2D eigenvalue weighted by Gasteiger charge is 2.07. The topological polar surface area (TPSA) is 275 Å². The van der Waals surface area contributed by atoms with Crippen molar-refractivity contribution in [3.05, 3.63) is 5.28 Å². The van der Waals surface area contributed by atoms with Gasteiger partial charge in [0.25, 0.3) is 11.9 Å². The summed E-state index contributed by atoms with van der Waals surface area (Å²) in [6.45, 7) is 23.4. The molecule has 376 valence electrons. The summed E-state index contributed by atoms with van der Waals surface area (Å²) in [5.41, 5.74) is 5.19. The molecule has 0 saturated carbocycles. The van der Waals surface area contributed by atoms with E-state index < -0.39 is 0 Å². The van der Waals surface area contributed by atoms with Crippen LogP contribution in [-0.4, -0.2) is 117 Å². The number of hydrogen-bond donors (Lipinski definition) is 9. The molecule has 0 unspecified atom stereocenters. The Morgan fingerprint density at radius 1 is 0.424 bits per heavy atom. The van der Waals surface area contributed by atoms with Crippen molar-refractivity contribution < 1.29 is 19.2 Å². The molecule has 0 bridgehead atoms. The Hall–Kier alpha value is -4.93. The molecule has 0 aliphatic rings. The number of halogens is 4. The molecule has 3 aromatic heterocycles. The molecule has 3 rings (SSSR count). The van der Waals surface area contributed by atoms with Crippen molar-refractivity contribution >= 4 is 96.4 Å². The van der Waals surface area contributed by atoms with Crippen LogP contribution in [0.15, 0.2) is 0 Å². The van der Waals surface area contributed by atoms with Gasteiger partial charge in [-0.1, -0.05) is 59.3 Å². The van der Waals surface area contributed by atoms with Gasteiger partial charge >= 0.3 is 0 Å². The number of ether oxygens (including phenoxy) is 1. The van der Waals surface area contributed by atoms with Gasteiger partial charge in [0.05, 0.1) is 0 Å². The minimum absolute atomic E-state index is 0. The zero-order valence-corrected chi connectivity index (χ0v) is 42.8. The molecule has 10 N–H and O–H groups in total. The highest BCUT2D eigenvalue weighted by atomic mass is 35.5. The largest absolute Gasteiger partial charge is 0.382 e. The van der Waals surface area contributed by atoms with Crippen LogP contribution in [0.1, 0.15) is 93.9 Å². The molecule has 3 heterocycles. The molecule has 26 heteroatoms. The van der Waals surface area contributed by atoms with E-state index >= 15 is 0 Å². The van der Waals surface area contributed by atoms with E-state index in [1.165, 1.54) is 0 Å². The molecule has 0 aromatic carbocycles. The summed E-state index contributed by atoms with van der Waals surface area (Å²) < 4.78 is 4.83. The van der Waals surface area contributed by atoms with E-state index in [1.54, 1.807) is 0 Å². The zero-order chi connectivity index (χ0) is 47.2. The Morgan fingerprint density at radius 2 is 0.667 bits per heavy atom. The van der Waals surface area contributed by atoms with Crippen molar-refractivity contribution in [1.29, 1.82) is 0 Å².